The van der Waals surface area contributed by atoms with Crippen molar-refractivity contribution in [3.63, 3.8) is 0 Å². The largest absolute Gasteiger partial charge is 0.307 e. The minimum absolute atomic E-state index is 0.330. The minimum Gasteiger partial charge on any atom is -0.307 e. The fourth-order valence-corrected chi connectivity index (χ4v) is 11.1. The molecule has 370 valence electrons. The van der Waals surface area contributed by atoms with Crippen LogP contribution in [-0.2, 0) is 0 Å². The monoisotopic (exact) mass is 988 g/mol. The minimum atomic E-state index is -0.330. The van der Waals surface area contributed by atoms with E-state index in [0.717, 1.165) is 144 Å². The Kier molecular flexibility index (Phi) is 12.1. The number of hydrogen-bond donors (Lipinski definition) is 0. The van der Waals surface area contributed by atoms with Crippen LogP contribution in [0.3, 0.4) is 0 Å². The third-order valence-electron chi connectivity index (χ3n) is 15.7. The van der Waals surface area contributed by atoms with Crippen LogP contribution >= 0.6 is 0 Å². The van der Waals surface area contributed by atoms with Crippen LogP contribution in [0.5, 0.6) is 0 Å². The van der Waals surface area contributed by atoms with Crippen LogP contribution in [0.25, 0.3) is 76.8 Å². The Hall–Kier alpha value is -8.86. The molecule has 0 heterocycles. The summed E-state index contributed by atoms with van der Waals surface area (Å²) in [5, 5.41) is 6.13. The van der Waals surface area contributed by atoms with Gasteiger partial charge in [0.2, 0.25) is 0 Å². The molecule has 0 aliphatic carbocycles. The molecule has 0 fully saturated rings. The molecule has 12 aromatic carbocycles. The van der Waals surface area contributed by atoms with E-state index in [-0.39, 0.29) is 11.6 Å². The average Bonchev–Trinajstić information content (AvgIpc) is 3.52. The Morgan fingerprint density at radius 3 is 0.947 bits per heavy atom. The molecule has 12 rings (SSSR count). The highest BCUT2D eigenvalue weighted by Gasteiger charge is 2.29. The molecule has 12 aromatic rings. The van der Waals surface area contributed by atoms with E-state index in [9.17, 15) is 0 Å². The number of halogens is 2. The Morgan fingerprint density at radius 2 is 0.605 bits per heavy atom. The van der Waals surface area contributed by atoms with Crippen molar-refractivity contribution in [1.29, 1.82) is 0 Å². The molecule has 0 spiro atoms. The van der Waals surface area contributed by atoms with Gasteiger partial charge in [0.25, 0.3) is 0 Å². The van der Waals surface area contributed by atoms with E-state index in [0.29, 0.717) is 11.4 Å². The molecule has 0 aliphatic heterocycles. The van der Waals surface area contributed by atoms with E-state index >= 15 is 8.78 Å². The van der Waals surface area contributed by atoms with Crippen molar-refractivity contribution in [2.45, 2.75) is 55.4 Å². The number of benzene rings is 12. The molecule has 2 nitrogen and oxygen atoms in total. The zero-order valence-corrected chi connectivity index (χ0v) is 44.3. The molecule has 0 saturated carbocycles. The van der Waals surface area contributed by atoms with Crippen molar-refractivity contribution in [2.75, 3.05) is 9.80 Å². The summed E-state index contributed by atoms with van der Waals surface area (Å²) in [7, 11) is 0. The maximum absolute atomic E-state index is 18.0. The van der Waals surface area contributed by atoms with Crippen molar-refractivity contribution >= 4 is 66.4 Å². The molecule has 76 heavy (non-hydrogen) atoms. The third-order valence-corrected chi connectivity index (χ3v) is 15.7. The molecular weight excluding hydrogens is 931 g/mol. The van der Waals surface area contributed by atoms with E-state index < -0.39 is 0 Å². The maximum Gasteiger partial charge on any atom is 0.148 e. The van der Waals surface area contributed by atoms with Gasteiger partial charge in [-0.15, -0.1) is 0 Å². The first-order valence-corrected chi connectivity index (χ1v) is 26.2. The Balaban J connectivity index is 1.13. The van der Waals surface area contributed by atoms with E-state index in [2.05, 4.69) is 259 Å². The van der Waals surface area contributed by atoms with Crippen LogP contribution < -0.4 is 9.80 Å². The molecule has 0 bridgehead atoms. The highest BCUT2D eigenvalue weighted by Crippen LogP contribution is 2.52. The van der Waals surface area contributed by atoms with E-state index in [4.69, 9.17) is 0 Å². The summed E-state index contributed by atoms with van der Waals surface area (Å²) in [6.07, 6.45) is 0. The topological polar surface area (TPSA) is 6.48 Å². The second kappa shape index (κ2) is 19.1. The van der Waals surface area contributed by atoms with Gasteiger partial charge in [0, 0.05) is 33.3 Å². The lowest BCUT2D eigenvalue weighted by Gasteiger charge is -2.32. The highest BCUT2D eigenvalue weighted by molar-refractivity contribution is 6.28. The Labute approximate surface area is 445 Å². The van der Waals surface area contributed by atoms with Gasteiger partial charge in [0.1, 0.15) is 11.6 Å². The predicted molar refractivity (Wildman–Crippen MR) is 319 cm³/mol. The van der Waals surface area contributed by atoms with Gasteiger partial charge in [-0.05, 0) is 193 Å². The first kappa shape index (κ1) is 48.1. The van der Waals surface area contributed by atoms with Gasteiger partial charge in [0.15, 0.2) is 0 Å². The van der Waals surface area contributed by atoms with Crippen LogP contribution in [0.1, 0.15) is 44.5 Å². The van der Waals surface area contributed by atoms with Crippen molar-refractivity contribution in [1.82, 2.24) is 0 Å². The summed E-state index contributed by atoms with van der Waals surface area (Å²) in [4.78, 5) is 4.26. The molecule has 0 radical (unpaired) electrons. The molecule has 4 heteroatoms. The third kappa shape index (κ3) is 8.54. The van der Waals surface area contributed by atoms with Crippen LogP contribution in [0.2, 0.25) is 0 Å². The van der Waals surface area contributed by atoms with Gasteiger partial charge < -0.3 is 9.80 Å². The maximum atomic E-state index is 18.0. The average molecular weight is 989 g/mol. The molecule has 0 N–H and O–H groups in total. The number of aryl methyl sites for hydroxylation is 8. The zero-order valence-electron chi connectivity index (χ0n) is 44.3. The van der Waals surface area contributed by atoms with E-state index in [1.54, 1.807) is 12.1 Å². The van der Waals surface area contributed by atoms with Crippen LogP contribution in [0, 0.1) is 67.0 Å². The first-order chi connectivity index (χ1) is 36.8. The summed E-state index contributed by atoms with van der Waals surface area (Å²) in [5.41, 5.74) is 20.3. The van der Waals surface area contributed by atoms with Crippen molar-refractivity contribution in [3.05, 3.63) is 262 Å². The van der Waals surface area contributed by atoms with Crippen molar-refractivity contribution < 1.29 is 8.78 Å². The molecule has 0 aromatic heterocycles. The Bertz CT molecular complexity index is 3920. The van der Waals surface area contributed by atoms with Crippen molar-refractivity contribution in [2.24, 2.45) is 0 Å². The van der Waals surface area contributed by atoms with Crippen LogP contribution in [0.4, 0.5) is 42.9 Å². The SMILES string of the molecule is Cc1ccc(-c2cc(F)c(N(c3ccc(C)c(C)c3)c3ccc4ccc5c(N(c6ccc(C)c(C)c6)c6c(F)cc(-c7ccc(C)cc7)cc6-c6ccc(C)cc6)ccc6ccc3c4c65)c(-c3ccc(C)cc3)c2)cc1. The molecule has 0 saturated heterocycles. The van der Waals surface area contributed by atoms with Crippen LogP contribution in [-0.4, -0.2) is 0 Å². The summed E-state index contributed by atoms with van der Waals surface area (Å²) < 4.78 is 36.0. The number of anilines is 6. The summed E-state index contributed by atoms with van der Waals surface area (Å²) in [6.45, 7) is 16.7. The Morgan fingerprint density at radius 1 is 0.276 bits per heavy atom. The fourth-order valence-electron chi connectivity index (χ4n) is 11.1. The second-order valence-corrected chi connectivity index (χ2v) is 21.0. The molecular formula is C72H58F2N2. The number of hydrogen-bond acceptors (Lipinski definition) is 2. The van der Waals surface area contributed by atoms with Crippen molar-refractivity contribution in [3.8, 4) is 44.5 Å². The number of rotatable bonds is 10. The normalized spacial score (nSPS) is 11.6. The quantitative estimate of drug-likeness (QED) is 0.126. The van der Waals surface area contributed by atoms with E-state index in [1.165, 1.54) is 0 Å². The predicted octanol–water partition coefficient (Wildman–Crippen LogP) is 20.9. The van der Waals surface area contributed by atoms with Crippen LogP contribution in [0.15, 0.2) is 206 Å². The van der Waals surface area contributed by atoms with E-state index in [1.807, 2.05) is 0 Å². The van der Waals surface area contributed by atoms with Gasteiger partial charge >= 0.3 is 0 Å². The smallest absolute Gasteiger partial charge is 0.148 e. The standard InChI is InChI=1S/C72H58F2N2/c1-43-9-19-51(20-10-43)57-39-63(53-23-13-45(3)14-24-53)71(65(73)41-57)75(59-31-17-47(5)49(7)37-59)67-35-29-55-28-34-62-68(36-30-56-27-33-61(67)69(55)70(56)62)76(60-32-18-48(6)50(8)38-60)72-64(54-25-15-46(4)16-26-54)40-58(42-66(72)74)52-21-11-44(2)12-22-52/h9-42H,1-8H3. The lowest BCUT2D eigenvalue weighted by atomic mass is 9.90. The second-order valence-electron chi connectivity index (χ2n) is 21.0. The fraction of sp³-hybridized carbons (Fsp3) is 0.111. The van der Waals surface area contributed by atoms with Gasteiger partial charge in [-0.25, -0.2) is 8.78 Å². The summed E-state index contributed by atoms with van der Waals surface area (Å²) >= 11 is 0. The van der Waals surface area contributed by atoms with Gasteiger partial charge in [-0.2, -0.15) is 0 Å². The molecule has 0 amide bonds. The molecule has 0 unspecified atom stereocenters. The van der Waals surface area contributed by atoms with Gasteiger partial charge in [-0.3, -0.25) is 0 Å². The van der Waals surface area contributed by atoms with Gasteiger partial charge in [0.05, 0.1) is 22.7 Å². The summed E-state index contributed by atoms with van der Waals surface area (Å²) in [5.74, 6) is -0.660. The first-order valence-electron chi connectivity index (χ1n) is 26.2. The molecule has 0 aliphatic rings. The van der Waals surface area contributed by atoms with Gasteiger partial charge in [-0.1, -0.05) is 168 Å². The molecule has 0 atom stereocenters. The zero-order chi connectivity index (χ0) is 52.5. The summed E-state index contributed by atoms with van der Waals surface area (Å²) in [6, 6.07) is 71.2. The number of nitrogens with zero attached hydrogens (tertiary/aromatic N) is 2. The lowest BCUT2D eigenvalue weighted by molar-refractivity contribution is 0.629. The highest BCUT2D eigenvalue weighted by atomic mass is 19.1. The lowest BCUT2D eigenvalue weighted by Crippen LogP contribution is -2.15.